The number of aromatic nitrogens is 2. The van der Waals surface area contributed by atoms with Gasteiger partial charge in [0.2, 0.25) is 0 Å². The summed E-state index contributed by atoms with van der Waals surface area (Å²) in [5, 5.41) is 0. The minimum absolute atomic E-state index is 0.0559. The summed E-state index contributed by atoms with van der Waals surface area (Å²) in [4.78, 5) is 3.49. The Morgan fingerprint density at radius 2 is 2.00 bits per heavy atom. The summed E-state index contributed by atoms with van der Waals surface area (Å²) in [6.07, 6.45) is -5.06. The summed E-state index contributed by atoms with van der Waals surface area (Å²) >= 11 is 0. The molecule has 1 saturated heterocycles. The van der Waals surface area contributed by atoms with Crippen molar-refractivity contribution in [2.45, 2.75) is 45.3 Å². The Bertz CT molecular complexity index is 611. The van der Waals surface area contributed by atoms with Gasteiger partial charge in [0.1, 0.15) is 1.37 Å². The zero-order valence-corrected chi connectivity index (χ0v) is 10.5. The third-order valence-electron chi connectivity index (χ3n) is 3.31. The third-order valence-corrected chi connectivity index (χ3v) is 3.31. The normalized spacial score (nSPS) is 27.2. The van der Waals surface area contributed by atoms with Crippen molar-refractivity contribution in [3.8, 4) is 0 Å². The van der Waals surface area contributed by atoms with Crippen LogP contribution in [0.4, 0.5) is 8.78 Å². The van der Waals surface area contributed by atoms with Gasteiger partial charge in [-0.1, -0.05) is 0 Å². The number of hydrogen-bond acceptors (Lipinski definition) is 3. The van der Waals surface area contributed by atoms with Crippen molar-refractivity contribution in [3.05, 3.63) is 12.0 Å². The van der Waals surface area contributed by atoms with E-state index in [2.05, 4.69) is 4.98 Å². The highest BCUT2D eigenvalue weighted by atomic mass is 19.3. The molecule has 0 aliphatic carbocycles. The smallest absolute Gasteiger partial charge is 0.398 e. The first-order chi connectivity index (χ1) is 10.1. The Kier molecular flexibility index (Phi) is 1.85. The van der Waals surface area contributed by atoms with E-state index in [0.29, 0.717) is 0 Å². The molecule has 0 saturated carbocycles. The van der Waals surface area contributed by atoms with Gasteiger partial charge in [-0.2, -0.15) is 0 Å². The monoisotopic (exact) mass is 263 g/mol. The average Bonchev–Trinajstić information content (AvgIpc) is 2.73. The molecular formula is C11H17BF2N2O2. The topological polar surface area (TPSA) is 36.3 Å². The van der Waals surface area contributed by atoms with Gasteiger partial charge in [-0.05, 0) is 27.7 Å². The van der Waals surface area contributed by atoms with E-state index in [-0.39, 0.29) is 10.2 Å². The summed E-state index contributed by atoms with van der Waals surface area (Å²) < 4.78 is 74.7. The van der Waals surface area contributed by atoms with Gasteiger partial charge in [0.05, 0.1) is 18.2 Å². The van der Waals surface area contributed by atoms with E-state index in [0.717, 1.165) is 0 Å². The fourth-order valence-corrected chi connectivity index (χ4v) is 1.54. The molecular weight excluding hydrogens is 241 g/mol. The molecule has 0 radical (unpaired) electrons. The predicted molar refractivity (Wildman–Crippen MR) is 63.9 cm³/mol. The number of alkyl halides is 2. The van der Waals surface area contributed by atoms with E-state index >= 15 is 0 Å². The first kappa shape index (κ1) is 8.27. The summed E-state index contributed by atoms with van der Waals surface area (Å²) in [6, 6.07) is 0. The van der Waals surface area contributed by atoms with E-state index in [1.165, 1.54) is 0 Å². The quantitative estimate of drug-likeness (QED) is 0.761. The molecule has 1 fully saturated rings. The molecule has 0 aromatic carbocycles. The Morgan fingerprint density at radius 3 is 2.39 bits per heavy atom. The lowest BCUT2D eigenvalue weighted by atomic mass is 9.86. The van der Waals surface area contributed by atoms with Crippen molar-refractivity contribution in [3.63, 3.8) is 0 Å². The second-order valence-corrected chi connectivity index (χ2v) is 5.12. The first-order valence-corrected chi connectivity index (χ1v) is 5.41. The Hall–Kier alpha value is -0.945. The lowest BCUT2D eigenvalue weighted by Crippen LogP contribution is -2.41. The van der Waals surface area contributed by atoms with Crippen molar-refractivity contribution in [1.29, 1.82) is 0 Å². The molecule has 1 aromatic rings. The van der Waals surface area contributed by atoms with Gasteiger partial charge in [-0.25, -0.2) is 13.8 Å². The van der Waals surface area contributed by atoms with Crippen molar-refractivity contribution in [2.75, 3.05) is 0 Å². The SMILES string of the molecule is [2H]c1c(B2OC(C)(C)C(C)(C)O2)nc(C([2H])(F)F)n1C([2H])([2H])[2H]. The molecule has 0 unspecified atom stereocenters. The van der Waals surface area contributed by atoms with E-state index in [4.69, 9.17) is 16.2 Å². The molecule has 0 spiro atoms. The predicted octanol–water partition coefficient (Wildman–Crippen LogP) is 1.66. The van der Waals surface area contributed by atoms with Crippen LogP contribution in [0.15, 0.2) is 6.17 Å². The maximum absolute atomic E-state index is 13.4. The van der Waals surface area contributed by atoms with Crippen molar-refractivity contribution in [2.24, 2.45) is 6.98 Å². The van der Waals surface area contributed by atoms with E-state index in [1.54, 1.807) is 27.7 Å². The number of hydrogen-bond donors (Lipinski definition) is 0. The highest BCUT2D eigenvalue weighted by molar-refractivity contribution is 6.61. The van der Waals surface area contributed by atoms with Crippen LogP contribution in [0.1, 0.15) is 46.8 Å². The minimum Gasteiger partial charge on any atom is -0.398 e. The molecule has 1 aliphatic heterocycles. The lowest BCUT2D eigenvalue weighted by Gasteiger charge is -2.32. The van der Waals surface area contributed by atoms with Crippen LogP contribution < -0.4 is 5.59 Å². The van der Waals surface area contributed by atoms with Crippen LogP contribution in [0.3, 0.4) is 0 Å². The molecule has 0 atom stereocenters. The van der Waals surface area contributed by atoms with Gasteiger partial charge in [0, 0.05) is 17.3 Å². The van der Waals surface area contributed by atoms with Crippen molar-refractivity contribution < 1.29 is 24.9 Å². The highest BCUT2D eigenvalue weighted by Gasteiger charge is 2.52. The number of rotatable bonds is 2. The second kappa shape index (κ2) is 4.03. The number of nitrogens with zero attached hydrogens (tertiary/aromatic N) is 2. The Labute approximate surface area is 112 Å². The standard InChI is InChI=1S/C11H17BF2N2O2/c1-10(2)11(3,4)18-12(17-10)7-6-16(5)9(15-7)8(13)14/h6,8H,1-5H3/i5D3,6D,8D. The summed E-state index contributed by atoms with van der Waals surface area (Å²) in [5.41, 5.74) is -2.00. The molecule has 100 valence electrons. The zero-order chi connectivity index (χ0) is 18.0. The molecule has 2 heterocycles. The van der Waals surface area contributed by atoms with Gasteiger partial charge < -0.3 is 13.9 Å². The van der Waals surface area contributed by atoms with Gasteiger partial charge in [0.25, 0.3) is 6.40 Å². The van der Waals surface area contributed by atoms with Crippen LogP contribution in [-0.2, 0) is 16.3 Å². The van der Waals surface area contributed by atoms with Crippen LogP contribution in [-0.4, -0.2) is 27.9 Å². The Morgan fingerprint density at radius 1 is 1.44 bits per heavy atom. The van der Waals surface area contributed by atoms with Gasteiger partial charge >= 0.3 is 7.12 Å². The number of imidazole rings is 1. The number of halogens is 2. The van der Waals surface area contributed by atoms with E-state index in [1.807, 2.05) is 0 Å². The van der Waals surface area contributed by atoms with Crippen LogP contribution in [0.25, 0.3) is 0 Å². The Balaban J connectivity index is 2.57. The summed E-state index contributed by atoms with van der Waals surface area (Å²) in [5.74, 6) is -1.34. The van der Waals surface area contributed by atoms with E-state index < -0.39 is 43.7 Å². The fraction of sp³-hybridized carbons (Fsp3) is 0.727. The summed E-state index contributed by atoms with van der Waals surface area (Å²) in [7, 11) is -1.27. The molecule has 7 heteroatoms. The van der Waals surface area contributed by atoms with Gasteiger partial charge in [0.15, 0.2) is 5.82 Å². The largest absolute Gasteiger partial charge is 0.516 e. The molecule has 0 amide bonds. The van der Waals surface area contributed by atoms with Crippen LogP contribution >= 0.6 is 0 Å². The molecule has 0 bridgehead atoms. The maximum Gasteiger partial charge on any atom is 0.516 e. The molecule has 18 heavy (non-hydrogen) atoms. The maximum atomic E-state index is 13.4. The minimum atomic E-state index is -4.27. The highest BCUT2D eigenvalue weighted by Crippen LogP contribution is 2.36. The van der Waals surface area contributed by atoms with Gasteiger partial charge in [-0.15, -0.1) is 0 Å². The lowest BCUT2D eigenvalue weighted by molar-refractivity contribution is 0.00578. The van der Waals surface area contributed by atoms with E-state index in [9.17, 15) is 8.78 Å². The van der Waals surface area contributed by atoms with Crippen LogP contribution in [0.2, 0.25) is 0 Å². The van der Waals surface area contributed by atoms with Crippen molar-refractivity contribution >= 4 is 12.7 Å². The fourth-order valence-electron chi connectivity index (χ4n) is 1.54. The molecule has 0 N–H and O–H groups in total. The van der Waals surface area contributed by atoms with Crippen LogP contribution in [0, 0.1) is 0 Å². The average molecular weight is 263 g/mol. The second-order valence-electron chi connectivity index (χ2n) is 5.12. The molecule has 2 rings (SSSR count). The zero-order valence-electron chi connectivity index (χ0n) is 15.5. The first-order valence-electron chi connectivity index (χ1n) is 7.91. The molecule has 1 aromatic heterocycles. The molecule has 4 nitrogen and oxygen atoms in total. The van der Waals surface area contributed by atoms with Gasteiger partial charge in [-0.3, -0.25) is 0 Å². The summed E-state index contributed by atoms with van der Waals surface area (Å²) in [6.45, 7) is 3.80. The van der Waals surface area contributed by atoms with Crippen LogP contribution in [0.5, 0.6) is 0 Å². The van der Waals surface area contributed by atoms with Crippen molar-refractivity contribution in [1.82, 2.24) is 9.55 Å². The third kappa shape index (κ3) is 2.05. The molecule has 1 aliphatic rings.